The Hall–Kier alpha value is -5.43. The number of rotatable bonds is 19. The maximum Gasteiger partial charge on any atom is 0.306 e. The summed E-state index contributed by atoms with van der Waals surface area (Å²) >= 11 is 0. The van der Waals surface area contributed by atoms with Crippen molar-refractivity contribution in [2.75, 3.05) is 25.6 Å². The molecule has 294 valence electrons. The number of nitrogens with one attached hydrogen (secondary N) is 2. The normalized spacial score (nSPS) is 12.7. The van der Waals surface area contributed by atoms with E-state index in [0.29, 0.717) is 46.7 Å². The van der Waals surface area contributed by atoms with Crippen molar-refractivity contribution in [3.05, 3.63) is 102 Å². The largest absolute Gasteiger partial charge is 0.491 e. The van der Waals surface area contributed by atoms with Gasteiger partial charge in [0.25, 0.3) is 0 Å². The summed E-state index contributed by atoms with van der Waals surface area (Å²) in [7, 11) is 1.51. The average Bonchev–Trinajstić information content (AvgIpc) is 3.47. The first kappa shape index (κ1) is 42.3. The molecule has 2 aromatic heterocycles. The van der Waals surface area contributed by atoms with Gasteiger partial charge in [0.2, 0.25) is 5.91 Å². The van der Waals surface area contributed by atoms with E-state index in [0.717, 1.165) is 30.5 Å². The summed E-state index contributed by atoms with van der Waals surface area (Å²) in [6.45, 7) is 14.9. The number of aromatic nitrogens is 4. The molecular formula is C42H52F2N6O5. The smallest absolute Gasteiger partial charge is 0.306 e. The van der Waals surface area contributed by atoms with Crippen molar-refractivity contribution in [1.82, 2.24) is 25.1 Å². The Morgan fingerprint density at radius 2 is 1.80 bits per heavy atom. The summed E-state index contributed by atoms with van der Waals surface area (Å²) in [5, 5.41) is 11.7. The molecule has 0 saturated carbocycles. The van der Waals surface area contributed by atoms with Crippen LogP contribution < -0.4 is 15.4 Å². The Morgan fingerprint density at radius 1 is 1.07 bits per heavy atom. The highest BCUT2D eigenvalue weighted by atomic mass is 19.1. The number of anilines is 1. The third kappa shape index (κ3) is 12.3. The van der Waals surface area contributed by atoms with Crippen LogP contribution in [0.4, 0.5) is 14.6 Å². The van der Waals surface area contributed by atoms with Crippen LogP contribution in [0.2, 0.25) is 0 Å². The van der Waals surface area contributed by atoms with Crippen molar-refractivity contribution in [2.24, 2.45) is 0 Å². The number of esters is 1. The van der Waals surface area contributed by atoms with Gasteiger partial charge in [0.1, 0.15) is 41.1 Å². The van der Waals surface area contributed by atoms with E-state index in [9.17, 15) is 9.59 Å². The van der Waals surface area contributed by atoms with Crippen LogP contribution in [0.25, 0.3) is 22.4 Å². The molecule has 1 unspecified atom stereocenters. The van der Waals surface area contributed by atoms with Gasteiger partial charge >= 0.3 is 5.97 Å². The molecule has 0 radical (unpaired) electrons. The van der Waals surface area contributed by atoms with E-state index in [1.807, 2.05) is 45.0 Å². The van der Waals surface area contributed by atoms with Gasteiger partial charge in [0.05, 0.1) is 18.7 Å². The standard InChI is InChI=1S/C42H52F2N6O5/c1-9-14-29(16-13-19-38(52)55-42(5,6)7)33-25-45-41(48-40(33)47-30(15-10-2)22-27(3)46-28(4)51)39-32-17-11-12-18-37(32)50(49-39)26-34-35(43)23-31(24-36(34)44)54-21-20-53-8/h10-12,15,17-18,22-25,29H,2,9,13-14,16,19-21,26H2,1,3-8H3,(H,46,51)(H,45,47,48)/b27-22+,30-15+. The first-order valence-electron chi connectivity index (χ1n) is 18.4. The molecular weight excluding hydrogens is 706 g/mol. The minimum absolute atomic E-state index is 0.0175. The lowest BCUT2D eigenvalue weighted by Gasteiger charge is -2.22. The number of carbonyl (C=O) groups excluding carboxylic acids is 2. The highest BCUT2D eigenvalue weighted by molar-refractivity contribution is 5.92. The van der Waals surface area contributed by atoms with Crippen LogP contribution in [0.1, 0.15) is 90.7 Å². The van der Waals surface area contributed by atoms with Gasteiger partial charge in [0.15, 0.2) is 5.82 Å². The van der Waals surface area contributed by atoms with Crippen LogP contribution in [0, 0.1) is 11.6 Å². The van der Waals surface area contributed by atoms with Gasteiger partial charge in [-0.05, 0) is 71.1 Å². The number of nitrogens with zero attached hydrogens (tertiary/aromatic N) is 4. The number of para-hydroxylation sites is 1. The van der Waals surface area contributed by atoms with E-state index >= 15 is 8.78 Å². The minimum Gasteiger partial charge on any atom is -0.491 e. The maximum atomic E-state index is 15.3. The number of fused-ring (bicyclic) bond motifs is 1. The van der Waals surface area contributed by atoms with E-state index in [-0.39, 0.29) is 61.1 Å². The fourth-order valence-corrected chi connectivity index (χ4v) is 6.15. The van der Waals surface area contributed by atoms with Crippen LogP contribution >= 0.6 is 0 Å². The molecule has 0 aliphatic carbocycles. The summed E-state index contributed by atoms with van der Waals surface area (Å²) in [4.78, 5) is 34.2. The molecule has 4 rings (SSSR count). The molecule has 2 heterocycles. The van der Waals surface area contributed by atoms with E-state index in [1.165, 1.54) is 18.7 Å². The molecule has 55 heavy (non-hydrogen) atoms. The zero-order valence-electron chi connectivity index (χ0n) is 32.8. The zero-order valence-corrected chi connectivity index (χ0v) is 32.8. The summed E-state index contributed by atoms with van der Waals surface area (Å²) in [5.41, 5.74) is 2.34. The average molecular weight is 759 g/mol. The SMILES string of the molecule is C=C/C=C(\C=C(/C)NC(C)=O)Nc1nc(-c2nn(Cc3c(F)cc(OCCOC)cc3F)c3ccccc23)ncc1C(CCC)CCCC(=O)OC(C)(C)C. The number of benzene rings is 2. The van der Waals surface area contributed by atoms with Gasteiger partial charge in [0, 0.05) is 66.7 Å². The van der Waals surface area contributed by atoms with Crippen LogP contribution in [0.3, 0.4) is 0 Å². The van der Waals surface area contributed by atoms with Gasteiger partial charge in [-0.15, -0.1) is 0 Å². The third-order valence-corrected chi connectivity index (χ3v) is 8.40. The van der Waals surface area contributed by atoms with Gasteiger partial charge in [-0.2, -0.15) is 5.10 Å². The lowest BCUT2D eigenvalue weighted by Crippen LogP contribution is -2.23. The van der Waals surface area contributed by atoms with Crippen LogP contribution in [0.5, 0.6) is 5.75 Å². The van der Waals surface area contributed by atoms with E-state index < -0.39 is 17.2 Å². The van der Waals surface area contributed by atoms with Crippen molar-refractivity contribution in [2.45, 2.75) is 91.7 Å². The van der Waals surface area contributed by atoms with E-state index in [2.05, 4.69) is 24.1 Å². The highest BCUT2D eigenvalue weighted by Crippen LogP contribution is 2.35. The molecule has 4 aromatic rings. The van der Waals surface area contributed by atoms with Gasteiger partial charge in [-0.3, -0.25) is 14.3 Å². The molecule has 2 N–H and O–H groups in total. The zero-order chi connectivity index (χ0) is 40.1. The summed E-state index contributed by atoms with van der Waals surface area (Å²) < 4.78 is 48.1. The van der Waals surface area contributed by atoms with Gasteiger partial charge in [-0.1, -0.05) is 44.2 Å². The molecule has 11 nitrogen and oxygen atoms in total. The first-order chi connectivity index (χ1) is 26.2. The first-order valence-corrected chi connectivity index (χ1v) is 18.4. The molecule has 0 aliphatic heterocycles. The number of allylic oxidation sites excluding steroid dienone is 4. The minimum atomic E-state index is -0.765. The van der Waals surface area contributed by atoms with Crippen LogP contribution in [-0.4, -0.2) is 57.5 Å². The van der Waals surface area contributed by atoms with Crippen molar-refractivity contribution in [3.63, 3.8) is 0 Å². The molecule has 0 aliphatic rings. The summed E-state index contributed by atoms with van der Waals surface area (Å²) in [6, 6.07) is 9.65. The fourth-order valence-electron chi connectivity index (χ4n) is 6.15. The number of methoxy groups -OCH3 is 1. The van der Waals surface area contributed by atoms with E-state index in [4.69, 9.17) is 29.3 Å². The Balaban J connectivity index is 1.78. The van der Waals surface area contributed by atoms with Crippen molar-refractivity contribution in [3.8, 4) is 17.3 Å². The molecule has 13 heteroatoms. The summed E-state index contributed by atoms with van der Waals surface area (Å²) in [5.74, 6) is -1.16. The van der Waals surface area contributed by atoms with Gasteiger partial charge in [-0.25, -0.2) is 18.7 Å². The lowest BCUT2D eigenvalue weighted by molar-refractivity contribution is -0.154. The molecule has 1 atom stereocenters. The molecule has 0 saturated heterocycles. The fraction of sp³-hybridized carbons (Fsp3) is 0.405. The number of halogens is 2. The molecule has 0 fully saturated rings. The number of hydrogen-bond acceptors (Lipinski definition) is 9. The molecule has 1 amide bonds. The number of ether oxygens (including phenoxy) is 3. The number of carbonyl (C=O) groups is 2. The topological polar surface area (TPSA) is 129 Å². The predicted octanol–water partition coefficient (Wildman–Crippen LogP) is 8.76. The maximum absolute atomic E-state index is 15.3. The predicted molar refractivity (Wildman–Crippen MR) is 210 cm³/mol. The second-order valence-corrected chi connectivity index (χ2v) is 14.2. The van der Waals surface area contributed by atoms with Crippen molar-refractivity contribution < 1.29 is 32.6 Å². The monoisotopic (exact) mass is 758 g/mol. The highest BCUT2D eigenvalue weighted by Gasteiger charge is 2.23. The number of hydrogen-bond donors (Lipinski definition) is 2. The Morgan fingerprint density at radius 3 is 2.45 bits per heavy atom. The second kappa shape index (κ2) is 19.8. The van der Waals surface area contributed by atoms with Crippen LogP contribution in [-0.2, 0) is 25.6 Å². The van der Waals surface area contributed by atoms with E-state index in [1.54, 1.807) is 31.3 Å². The number of amides is 1. The molecule has 2 aromatic carbocycles. The van der Waals surface area contributed by atoms with Gasteiger partial charge < -0.3 is 24.8 Å². The van der Waals surface area contributed by atoms with Crippen LogP contribution in [0.15, 0.2) is 78.8 Å². The summed E-state index contributed by atoms with van der Waals surface area (Å²) in [6.07, 6.45) is 10.1. The Kier molecular flexibility index (Phi) is 15.2. The Bertz CT molecular complexity index is 2010. The molecule has 0 spiro atoms. The van der Waals surface area contributed by atoms with Crippen molar-refractivity contribution in [1.29, 1.82) is 0 Å². The third-order valence-electron chi connectivity index (χ3n) is 8.40. The van der Waals surface area contributed by atoms with Crippen molar-refractivity contribution >= 4 is 28.6 Å². The second-order valence-electron chi connectivity index (χ2n) is 14.2. The quantitative estimate of drug-likeness (QED) is 0.0548. The lowest BCUT2D eigenvalue weighted by atomic mass is 9.90. The Labute approximate surface area is 321 Å². The molecule has 0 bridgehead atoms.